The van der Waals surface area contributed by atoms with Crippen molar-refractivity contribution >= 4 is 34.6 Å². The third kappa shape index (κ3) is 2.55. The molecular weight excluding hydrogens is 276 g/mol. The van der Waals surface area contributed by atoms with Crippen LogP contribution in [0.1, 0.15) is 5.69 Å². The molecule has 2 aromatic heterocycles. The zero-order chi connectivity index (χ0) is 13.1. The number of rotatable bonds is 4. The molecule has 10 heteroatoms. The van der Waals surface area contributed by atoms with Gasteiger partial charge in [0, 0.05) is 11.1 Å². The van der Waals surface area contributed by atoms with Crippen LogP contribution in [-0.4, -0.2) is 19.9 Å². The van der Waals surface area contributed by atoms with E-state index in [1.54, 1.807) is 0 Å². The third-order valence-electron chi connectivity index (χ3n) is 1.89. The van der Waals surface area contributed by atoms with Gasteiger partial charge in [0.15, 0.2) is 9.37 Å². The number of thiazole rings is 1. The molecule has 0 amide bonds. The molecule has 0 aliphatic heterocycles. The maximum atomic E-state index is 11.0. The average Bonchev–Trinajstić information content (AvgIpc) is 2.74. The van der Waals surface area contributed by atoms with Crippen molar-refractivity contribution in [2.45, 2.75) is 16.3 Å². The topological polar surface area (TPSA) is 120 Å². The summed E-state index contributed by atoms with van der Waals surface area (Å²) in [4.78, 5) is 22.2. The maximum absolute atomic E-state index is 11.0. The van der Waals surface area contributed by atoms with Gasteiger partial charge in [-0.3, -0.25) is 10.1 Å². The van der Waals surface area contributed by atoms with Crippen LogP contribution in [0.15, 0.2) is 21.1 Å². The van der Waals surface area contributed by atoms with Crippen molar-refractivity contribution in [1.82, 2.24) is 15.0 Å². The Kier molecular flexibility index (Phi) is 3.69. The number of nitrogens with one attached hydrogen (secondary N) is 1. The molecule has 0 aliphatic carbocycles. The number of nitro groups is 1. The molecular formula is C8H8N6O2S2. The van der Waals surface area contributed by atoms with Gasteiger partial charge in [-0.25, -0.2) is 20.8 Å². The van der Waals surface area contributed by atoms with Gasteiger partial charge in [0.05, 0.1) is 4.92 Å². The summed E-state index contributed by atoms with van der Waals surface area (Å²) < 4.78 is 0.678. The average molecular weight is 284 g/mol. The van der Waals surface area contributed by atoms with E-state index in [2.05, 4.69) is 20.4 Å². The first-order chi connectivity index (χ1) is 8.61. The number of hydrazine groups is 1. The molecule has 0 bridgehead atoms. The van der Waals surface area contributed by atoms with E-state index in [-0.39, 0.29) is 16.5 Å². The molecule has 0 fully saturated rings. The lowest BCUT2D eigenvalue weighted by Crippen LogP contribution is -2.11. The maximum Gasteiger partial charge on any atom is 0.345 e. The lowest BCUT2D eigenvalue weighted by molar-refractivity contribution is -0.387. The van der Waals surface area contributed by atoms with Crippen LogP contribution in [0, 0.1) is 17.0 Å². The molecule has 2 heterocycles. The molecule has 2 aromatic rings. The van der Waals surface area contributed by atoms with Gasteiger partial charge in [0.1, 0.15) is 6.33 Å². The standard InChI is InChI=1S/C8H8N6O2S2/c1-4-2-17-8(12-4)18-7-5(14(15)16)6(13-9)10-3-11-7/h2-3H,9H2,1H3,(H,10,11,13). The molecule has 0 radical (unpaired) electrons. The number of hydrogen-bond acceptors (Lipinski definition) is 9. The van der Waals surface area contributed by atoms with Crippen LogP contribution in [0.25, 0.3) is 0 Å². The zero-order valence-corrected chi connectivity index (χ0v) is 10.8. The Balaban J connectivity index is 2.41. The molecule has 18 heavy (non-hydrogen) atoms. The van der Waals surface area contributed by atoms with Crippen molar-refractivity contribution in [3.05, 3.63) is 27.5 Å². The number of aromatic nitrogens is 3. The van der Waals surface area contributed by atoms with Gasteiger partial charge >= 0.3 is 5.69 Å². The van der Waals surface area contributed by atoms with Crippen LogP contribution in [0.4, 0.5) is 11.5 Å². The Morgan fingerprint density at radius 1 is 1.56 bits per heavy atom. The van der Waals surface area contributed by atoms with Crippen LogP contribution in [0.2, 0.25) is 0 Å². The summed E-state index contributed by atoms with van der Waals surface area (Å²) in [5.74, 6) is 5.17. The van der Waals surface area contributed by atoms with E-state index in [0.29, 0.717) is 4.34 Å². The van der Waals surface area contributed by atoms with Crippen LogP contribution in [0.5, 0.6) is 0 Å². The highest BCUT2D eigenvalue weighted by Crippen LogP contribution is 2.37. The van der Waals surface area contributed by atoms with Crippen LogP contribution >= 0.6 is 23.1 Å². The van der Waals surface area contributed by atoms with Crippen molar-refractivity contribution in [1.29, 1.82) is 0 Å². The van der Waals surface area contributed by atoms with Gasteiger partial charge < -0.3 is 5.43 Å². The molecule has 94 valence electrons. The minimum atomic E-state index is -0.571. The van der Waals surface area contributed by atoms with Gasteiger partial charge in [0.25, 0.3) is 0 Å². The number of aryl methyl sites for hydroxylation is 1. The number of anilines is 1. The Labute approximate surface area is 110 Å². The fraction of sp³-hybridized carbons (Fsp3) is 0.125. The predicted molar refractivity (Wildman–Crippen MR) is 67.5 cm³/mol. The third-order valence-corrected chi connectivity index (χ3v) is 3.94. The highest BCUT2D eigenvalue weighted by molar-refractivity contribution is 8.01. The quantitative estimate of drug-likeness (QED) is 0.376. The van der Waals surface area contributed by atoms with Crippen LogP contribution < -0.4 is 11.3 Å². The normalized spacial score (nSPS) is 10.3. The lowest BCUT2D eigenvalue weighted by atomic mass is 10.5. The van der Waals surface area contributed by atoms with Gasteiger partial charge in [0.2, 0.25) is 5.82 Å². The summed E-state index contributed by atoms with van der Waals surface area (Å²) in [6.07, 6.45) is 1.21. The van der Waals surface area contributed by atoms with Crippen LogP contribution in [-0.2, 0) is 0 Å². The fourth-order valence-electron chi connectivity index (χ4n) is 1.17. The Morgan fingerprint density at radius 3 is 2.89 bits per heavy atom. The van der Waals surface area contributed by atoms with Gasteiger partial charge in [-0.15, -0.1) is 11.3 Å². The van der Waals surface area contributed by atoms with Crippen LogP contribution in [0.3, 0.4) is 0 Å². The van der Waals surface area contributed by atoms with E-state index in [0.717, 1.165) is 17.5 Å². The molecule has 8 nitrogen and oxygen atoms in total. The largest absolute Gasteiger partial charge is 0.345 e. The Bertz CT molecular complexity index is 587. The molecule has 0 saturated heterocycles. The Morgan fingerprint density at radius 2 is 2.33 bits per heavy atom. The number of hydrogen-bond donors (Lipinski definition) is 2. The van der Waals surface area contributed by atoms with E-state index in [9.17, 15) is 10.1 Å². The predicted octanol–water partition coefficient (Wildman–Crippen LogP) is 1.59. The summed E-state index contributed by atoms with van der Waals surface area (Å²) >= 11 is 2.51. The zero-order valence-electron chi connectivity index (χ0n) is 9.15. The van der Waals surface area contributed by atoms with E-state index >= 15 is 0 Å². The lowest BCUT2D eigenvalue weighted by Gasteiger charge is -2.03. The summed E-state index contributed by atoms with van der Waals surface area (Å²) in [5, 5.41) is 13.1. The van der Waals surface area contributed by atoms with E-state index in [4.69, 9.17) is 5.84 Å². The van der Waals surface area contributed by atoms with Crippen molar-refractivity contribution in [2.75, 3.05) is 5.43 Å². The summed E-state index contributed by atoms with van der Waals surface area (Å²) in [6, 6.07) is 0. The first-order valence-electron chi connectivity index (χ1n) is 4.68. The Hall–Kier alpha value is -1.78. The van der Waals surface area contributed by atoms with Gasteiger partial charge in [-0.2, -0.15) is 0 Å². The van der Waals surface area contributed by atoms with Crippen molar-refractivity contribution in [2.24, 2.45) is 5.84 Å². The summed E-state index contributed by atoms with van der Waals surface area (Å²) in [5.41, 5.74) is 2.79. The molecule has 3 N–H and O–H groups in total. The van der Waals surface area contributed by atoms with Crippen molar-refractivity contribution in [3.8, 4) is 0 Å². The van der Waals surface area contributed by atoms with Crippen molar-refractivity contribution < 1.29 is 4.92 Å². The molecule has 0 saturated carbocycles. The summed E-state index contributed by atoms with van der Waals surface area (Å²) in [6.45, 7) is 1.85. The fourth-order valence-corrected chi connectivity index (χ4v) is 2.99. The SMILES string of the molecule is Cc1csc(Sc2ncnc(NN)c2[N+](=O)[O-])n1. The smallest absolute Gasteiger partial charge is 0.303 e. The molecule has 0 aliphatic rings. The highest BCUT2D eigenvalue weighted by Gasteiger charge is 2.23. The first-order valence-corrected chi connectivity index (χ1v) is 6.37. The second-order valence-electron chi connectivity index (χ2n) is 3.13. The minimum Gasteiger partial charge on any atom is -0.303 e. The molecule has 2 rings (SSSR count). The number of nitrogen functional groups attached to an aromatic ring is 1. The minimum absolute atomic E-state index is 0.0224. The first kappa shape index (κ1) is 12.7. The van der Waals surface area contributed by atoms with Crippen molar-refractivity contribution in [3.63, 3.8) is 0 Å². The van der Waals surface area contributed by atoms with E-state index < -0.39 is 4.92 Å². The molecule has 0 unspecified atom stereocenters. The second-order valence-corrected chi connectivity index (χ2v) is 5.23. The van der Waals surface area contributed by atoms with E-state index in [1.807, 2.05) is 12.3 Å². The summed E-state index contributed by atoms with van der Waals surface area (Å²) in [7, 11) is 0. The second kappa shape index (κ2) is 5.25. The van der Waals surface area contributed by atoms with E-state index in [1.165, 1.54) is 17.7 Å². The highest BCUT2D eigenvalue weighted by atomic mass is 32.2. The van der Waals surface area contributed by atoms with Gasteiger partial charge in [-0.05, 0) is 18.7 Å². The number of nitrogens with two attached hydrogens (primary N) is 1. The molecule has 0 atom stereocenters. The monoisotopic (exact) mass is 284 g/mol. The number of nitrogens with zero attached hydrogens (tertiary/aromatic N) is 4. The van der Waals surface area contributed by atoms with Gasteiger partial charge in [-0.1, -0.05) is 0 Å². The molecule has 0 aromatic carbocycles. The molecule has 0 spiro atoms.